The largest absolute Gasteiger partial charge is 0.310 e. The molecule has 17 heavy (non-hydrogen) atoms. The van der Waals surface area contributed by atoms with Crippen molar-refractivity contribution in [3.63, 3.8) is 0 Å². The molecule has 1 N–H and O–H groups in total. The van der Waals surface area contributed by atoms with Crippen molar-refractivity contribution in [1.82, 2.24) is 5.32 Å². The first kappa shape index (κ1) is 12.9. The summed E-state index contributed by atoms with van der Waals surface area (Å²) in [5.74, 6) is 0.864. The van der Waals surface area contributed by atoms with Crippen LogP contribution in [0, 0.1) is 5.92 Å². The molecule has 2 rings (SSSR count). The average molecular weight is 252 g/mol. The van der Waals surface area contributed by atoms with E-state index in [0.29, 0.717) is 6.04 Å². The fourth-order valence-corrected chi connectivity index (χ4v) is 3.07. The summed E-state index contributed by atoms with van der Waals surface area (Å²) in [7, 11) is 0. The van der Waals surface area contributed by atoms with Gasteiger partial charge >= 0.3 is 0 Å². The van der Waals surface area contributed by atoms with Crippen molar-refractivity contribution in [1.29, 1.82) is 0 Å². The molecule has 1 aromatic rings. The number of hydrogen-bond donors (Lipinski definition) is 1. The Hall–Kier alpha value is -0.530. The van der Waals surface area contributed by atoms with Crippen molar-refractivity contribution >= 4 is 11.6 Å². The van der Waals surface area contributed by atoms with Crippen LogP contribution in [0.15, 0.2) is 24.3 Å². The van der Waals surface area contributed by atoms with Crippen LogP contribution in [0.5, 0.6) is 0 Å². The highest BCUT2D eigenvalue weighted by Crippen LogP contribution is 2.27. The van der Waals surface area contributed by atoms with Crippen LogP contribution in [0.25, 0.3) is 0 Å². The van der Waals surface area contributed by atoms with Gasteiger partial charge in [-0.3, -0.25) is 0 Å². The maximum Gasteiger partial charge on any atom is 0.0409 e. The number of hydrogen-bond acceptors (Lipinski definition) is 1. The molecule has 1 saturated carbocycles. The smallest absolute Gasteiger partial charge is 0.0409 e. The van der Waals surface area contributed by atoms with Crippen LogP contribution in [0.3, 0.4) is 0 Å². The lowest BCUT2D eigenvalue weighted by atomic mass is 9.83. The third-order valence-electron chi connectivity index (χ3n) is 3.89. The second kappa shape index (κ2) is 6.42. The van der Waals surface area contributed by atoms with Gasteiger partial charge in [-0.2, -0.15) is 0 Å². The van der Waals surface area contributed by atoms with Crippen LogP contribution < -0.4 is 5.32 Å². The van der Waals surface area contributed by atoms with Gasteiger partial charge in [0.2, 0.25) is 0 Å². The van der Waals surface area contributed by atoms with Crippen LogP contribution in [0.1, 0.15) is 44.6 Å². The van der Waals surface area contributed by atoms with Crippen LogP contribution in [-0.2, 0) is 6.54 Å². The zero-order valence-corrected chi connectivity index (χ0v) is 11.3. The standard InChI is InChI=1S/C15H22ClN/c1-2-13-7-3-4-9-15(13)17-11-12-6-5-8-14(16)10-12/h5-6,8,10,13,15,17H,2-4,7,9,11H2,1H3. The van der Waals surface area contributed by atoms with Crippen LogP contribution in [0.4, 0.5) is 0 Å². The second-order valence-electron chi connectivity index (χ2n) is 5.07. The predicted octanol–water partition coefficient (Wildman–Crippen LogP) is 4.40. The minimum Gasteiger partial charge on any atom is -0.310 e. The molecule has 2 unspecified atom stereocenters. The normalized spacial score (nSPS) is 24.8. The monoisotopic (exact) mass is 251 g/mol. The number of benzene rings is 1. The summed E-state index contributed by atoms with van der Waals surface area (Å²) in [5.41, 5.74) is 1.29. The molecule has 1 fully saturated rings. The Labute approximate surface area is 110 Å². The van der Waals surface area contributed by atoms with Gasteiger partial charge in [0.25, 0.3) is 0 Å². The van der Waals surface area contributed by atoms with Crippen molar-refractivity contribution in [2.75, 3.05) is 0 Å². The van der Waals surface area contributed by atoms with Gasteiger partial charge in [0.15, 0.2) is 0 Å². The number of rotatable bonds is 4. The van der Waals surface area contributed by atoms with Crippen LogP contribution in [-0.4, -0.2) is 6.04 Å². The molecule has 1 nitrogen and oxygen atoms in total. The quantitative estimate of drug-likeness (QED) is 0.837. The van der Waals surface area contributed by atoms with Crippen LogP contribution in [0.2, 0.25) is 5.02 Å². The molecule has 1 aliphatic carbocycles. The first-order chi connectivity index (χ1) is 8.29. The van der Waals surface area contributed by atoms with E-state index in [1.165, 1.54) is 37.7 Å². The van der Waals surface area contributed by atoms with Gasteiger partial charge in [0.05, 0.1) is 0 Å². The SMILES string of the molecule is CCC1CCCCC1NCc1cccc(Cl)c1. The highest BCUT2D eigenvalue weighted by atomic mass is 35.5. The molecule has 0 aliphatic heterocycles. The van der Waals surface area contributed by atoms with Crippen molar-refractivity contribution in [2.45, 2.75) is 51.6 Å². The van der Waals surface area contributed by atoms with E-state index < -0.39 is 0 Å². The van der Waals surface area contributed by atoms with E-state index in [1.807, 2.05) is 12.1 Å². The minimum atomic E-state index is 0.702. The highest BCUT2D eigenvalue weighted by molar-refractivity contribution is 6.30. The molecular weight excluding hydrogens is 230 g/mol. The minimum absolute atomic E-state index is 0.702. The van der Waals surface area contributed by atoms with Gasteiger partial charge in [-0.05, 0) is 36.5 Å². The van der Waals surface area contributed by atoms with Crippen LogP contribution >= 0.6 is 11.6 Å². The third kappa shape index (κ3) is 3.72. The van der Waals surface area contributed by atoms with E-state index >= 15 is 0 Å². The topological polar surface area (TPSA) is 12.0 Å². The van der Waals surface area contributed by atoms with E-state index in [4.69, 9.17) is 11.6 Å². The molecule has 0 saturated heterocycles. The molecule has 0 bridgehead atoms. The van der Waals surface area contributed by atoms with Gasteiger partial charge in [-0.1, -0.05) is 49.9 Å². The fraction of sp³-hybridized carbons (Fsp3) is 0.600. The Bertz CT molecular complexity index is 351. The van der Waals surface area contributed by atoms with Crippen molar-refractivity contribution in [2.24, 2.45) is 5.92 Å². The molecule has 2 heteroatoms. The zero-order chi connectivity index (χ0) is 12.1. The Morgan fingerprint density at radius 3 is 2.88 bits per heavy atom. The Morgan fingerprint density at radius 1 is 1.29 bits per heavy atom. The first-order valence-electron chi connectivity index (χ1n) is 6.77. The van der Waals surface area contributed by atoms with Gasteiger partial charge in [-0.15, -0.1) is 0 Å². The summed E-state index contributed by atoms with van der Waals surface area (Å²) in [6.45, 7) is 3.26. The van der Waals surface area contributed by atoms with Crippen molar-refractivity contribution < 1.29 is 0 Å². The van der Waals surface area contributed by atoms with E-state index in [2.05, 4.69) is 24.4 Å². The summed E-state index contributed by atoms with van der Waals surface area (Å²) < 4.78 is 0. The van der Waals surface area contributed by atoms with E-state index in [9.17, 15) is 0 Å². The van der Waals surface area contributed by atoms with Gasteiger partial charge < -0.3 is 5.32 Å². The van der Waals surface area contributed by atoms with Gasteiger partial charge in [0, 0.05) is 17.6 Å². The second-order valence-corrected chi connectivity index (χ2v) is 5.51. The third-order valence-corrected chi connectivity index (χ3v) is 4.13. The van der Waals surface area contributed by atoms with Crippen molar-refractivity contribution in [3.8, 4) is 0 Å². The Kier molecular flexibility index (Phi) is 4.87. The molecule has 94 valence electrons. The molecule has 1 aromatic carbocycles. The number of nitrogens with one attached hydrogen (secondary N) is 1. The van der Waals surface area contributed by atoms with Gasteiger partial charge in [0.1, 0.15) is 0 Å². The molecule has 0 aromatic heterocycles. The fourth-order valence-electron chi connectivity index (χ4n) is 2.86. The molecule has 2 atom stereocenters. The molecule has 1 aliphatic rings. The Morgan fingerprint density at radius 2 is 2.12 bits per heavy atom. The highest BCUT2D eigenvalue weighted by Gasteiger charge is 2.22. The average Bonchev–Trinajstić information content (AvgIpc) is 2.37. The maximum atomic E-state index is 5.99. The van der Waals surface area contributed by atoms with Crippen molar-refractivity contribution in [3.05, 3.63) is 34.9 Å². The predicted molar refractivity (Wildman–Crippen MR) is 74.3 cm³/mol. The molecule has 0 heterocycles. The van der Waals surface area contributed by atoms with E-state index in [-0.39, 0.29) is 0 Å². The summed E-state index contributed by atoms with van der Waals surface area (Å²) in [6, 6.07) is 8.85. The summed E-state index contributed by atoms with van der Waals surface area (Å²) >= 11 is 5.99. The van der Waals surface area contributed by atoms with E-state index in [1.54, 1.807) is 0 Å². The maximum absolute atomic E-state index is 5.99. The first-order valence-corrected chi connectivity index (χ1v) is 7.15. The lowest BCUT2D eigenvalue weighted by Gasteiger charge is -2.31. The molecular formula is C15H22ClN. The van der Waals surface area contributed by atoms with E-state index in [0.717, 1.165) is 17.5 Å². The lowest BCUT2D eigenvalue weighted by molar-refractivity contribution is 0.254. The summed E-state index contributed by atoms with van der Waals surface area (Å²) in [4.78, 5) is 0. The lowest BCUT2D eigenvalue weighted by Crippen LogP contribution is -2.37. The summed E-state index contributed by atoms with van der Waals surface area (Å²) in [6.07, 6.45) is 6.81. The Balaban J connectivity index is 1.88. The number of halogens is 1. The summed E-state index contributed by atoms with van der Waals surface area (Å²) in [5, 5.41) is 4.54. The molecule has 0 radical (unpaired) electrons. The van der Waals surface area contributed by atoms with Gasteiger partial charge in [-0.25, -0.2) is 0 Å². The molecule has 0 amide bonds. The zero-order valence-electron chi connectivity index (χ0n) is 10.6. The molecule has 0 spiro atoms.